The Bertz CT molecular complexity index is 718. The van der Waals surface area contributed by atoms with Gasteiger partial charge in [-0.15, -0.1) is 0 Å². The molecule has 3 aromatic rings. The summed E-state index contributed by atoms with van der Waals surface area (Å²) in [5.74, 6) is 0. The average Bonchev–Trinajstić information content (AvgIpc) is 2.75. The summed E-state index contributed by atoms with van der Waals surface area (Å²) < 4.78 is 12.1. The molecule has 0 unspecified atom stereocenters. The zero-order chi connectivity index (χ0) is 13.2. The van der Waals surface area contributed by atoms with Crippen LogP contribution in [0.2, 0.25) is 0 Å². The van der Waals surface area contributed by atoms with E-state index in [1.807, 2.05) is 31.3 Å². The van der Waals surface area contributed by atoms with Crippen LogP contribution in [-0.4, -0.2) is 23.2 Å². The molecule has 1 aromatic carbocycles. The standard InChI is InChI=1S/C15H16FN3/c1-10-7-14-15(18-9-10)12-4-3-11(8-13(12)19-14)17-6-2-5-16/h3-4,7-9,17,19H,2,5-6H2,1H3. The molecule has 0 bridgehead atoms. The number of pyridine rings is 1. The number of benzene rings is 1. The molecule has 2 N–H and O–H groups in total. The van der Waals surface area contributed by atoms with Gasteiger partial charge >= 0.3 is 0 Å². The van der Waals surface area contributed by atoms with Crippen LogP contribution in [0.3, 0.4) is 0 Å². The largest absolute Gasteiger partial charge is 0.385 e. The van der Waals surface area contributed by atoms with E-state index in [4.69, 9.17) is 0 Å². The topological polar surface area (TPSA) is 40.7 Å². The molecule has 0 amide bonds. The third-order valence-corrected chi connectivity index (χ3v) is 3.21. The van der Waals surface area contributed by atoms with Gasteiger partial charge in [0, 0.05) is 23.8 Å². The molecule has 0 aliphatic heterocycles. The highest BCUT2D eigenvalue weighted by atomic mass is 19.1. The number of hydrogen-bond acceptors (Lipinski definition) is 2. The molecule has 0 aliphatic rings. The van der Waals surface area contributed by atoms with Crippen molar-refractivity contribution in [1.82, 2.24) is 9.97 Å². The molecule has 0 spiro atoms. The highest BCUT2D eigenvalue weighted by Gasteiger charge is 2.06. The van der Waals surface area contributed by atoms with Gasteiger partial charge in [0.15, 0.2) is 0 Å². The number of rotatable bonds is 4. The average molecular weight is 257 g/mol. The summed E-state index contributed by atoms with van der Waals surface area (Å²) in [7, 11) is 0. The van der Waals surface area contributed by atoms with E-state index in [-0.39, 0.29) is 6.67 Å². The van der Waals surface area contributed by atoms with E-state index in [1.54, 1.807) is 0 Å². The Kier molecular flexibility index (Phi) is 3.07. The predicted octanol–water partition coefficient (Wildman–Crippen LogP) is 3.80. The second-order valence-corrected chi connectivity index (χ2v) is 4.76. The molecule has 0 atom stereocenters. The Morgan fingerprint density at radius 1 is 1.26 bits per heavy atom. The first-order chi connectivity index (χ1) is 9.28. The summed E-state index contributed by atoms with van der Waals surface area (Å²) in [6, 6.07) is 8.20. The minimum absolute atomic E-state index is 0.287. The molecule has 2 heterocycles. The molecule has 3 nitrogen and oxygen atoms in total. The highest BCUT2D eigenvalue weighted by Crippen LogP contribution is 2.26. The lowest BCUT2D eigenvalue weighted by atomic mass is 10.2. The van der Waals surface area contributed by atoms with Crippen LogP contribution in [0.4, 0.5) is 10.1 Å². The summed E-state index contributed by atoms with van der Waals surface area (Å²) in [5, 5.41) is 4.33. The van der Waals surface area contributed by atoms with E-state index < -0.39 is 0 Å². The number of aromatic nitrogens is 2. The molecule has 0 saturated heterocycles. The number of nitrogens with zero attached hydrogens (tertiary/aromatic N) is 1. The normalized spacial score (nSPS) is 11.3. The van der Waals surface area contributed by atoms with Crippen molar-refractivity contribution < 1.29 is 4.39 Å². The molecule has 98 valence electrons. The maximum atomic E-state index is 12.1. The lowest BCUT2D eigenvalue weighted by molar-refractivity contribution is 0.481. The van der Waals surface area contributed by atoms with Crippen molar-refractivity contribution in [3.63, 3.8) is 0 Å². The molecule has 0 aliphatic carbocycles. The van der Waals surface area contributed by atoms with Crippen molar-refractivity contribution in [3.8, 4) is 0 Å². The third-order valence-electron chi connectivity index (χ3n) is 3.21. The first kappa shape index (κ1) is 12.0. The van der Waals surface area contributed by atoms with Gasteiger partial charge in [0.1, 0.15) is 0 Å². The molecule has 4 heteroatoms. The van der Waals surface area contributed by atoms with Gasteiger partial charge in [0.05, 0.1) is 23.2 Å². The lowest BCUT2D eigenvalue weighted by Crippen LogP contribution is -2.01. The van der Waals surface area contributed by atoms with Gasteiger partial charge in [0.25, 0.3) is 0 Å². The minimum atomic E-state index is -0.287. The second kappa shape index (κ2) is 4.88. The number of halogens is 1. The Balaban J connectivity index is 2.01. The van der Waals surface area contributed by atoms with Crippen molar-refractivity contribution in [2.24, 2.45) is 0 Å². The van der Waals surface area contributed by atoms with Gasteiger partial charge < -0.3 is 10.3 Å². The number of hydrogen-bond donors (Lipinski definition) is 2. The van der Waals surface area contributed by atoms with E-state index >= 15 is 0 Å². The number of nitrogens with one attached hydrogen (secondary N) is 2. The van der Waals surface area contributed by atoms with Crippen LogP contribution in [0, 0.1) is 6.92 Å². The van der Waals surface area contributed by atoms with Crippen molar-refractivity contribution in [2.45, 2.75) is 13.3 Å². The predicted molar refractivity (Wildman–Crippen MR) is 77.4 cm³/mol. The third kappa shape index (κ3) is 2.26. The first-order valence-electron chi connectivity index (χ1n) is 6.46. The van der Waals surface area contributed by atoms with Crippen LogP contribution in [0.1, 0.15) is 12.0 Å². The van der Waals surface area contributed by atoms with Gasteiger partial charge in [-0.05, 0) is 43.2 Å². The fraction of sp³-hybridized carbons (Fsp3) is 0.267. The molecular formula is C15H16FN3. The van der Waals surface area contributed by atoms with Gasteiger partial charge in [-0.3, -0.25) is 9.37 Å². The molecule has 2 aromatic heterocycles. The van der Waals surface area contributed by atoms with Crippen molar-refractivity contribution in [3.05, 3.63) is 36.0 Å². The Hall–Kier alpha value is -2.10. The summed E-state index contributed by atoms with van der Waals surface area (Å²) in [4.78, 5) is 7.85. The van der Waals surface area contributed by atoms with E-state index in [2.05, 4.69) is 21.4 Å². The lowest BCUT2D eigenvalue weighted by Gasteiger charge is -2.04. The van der Waals surface area contributed by atoms with Gasteiger partial charge in [-0.1, -0.05) is 0 Å². The minimum Gasteiger partial charge on any atom is -0.385 e. The van der Waals surface area contributed by atoms with Gasteiger partial charge in [-0.2, -0.15) is 0 Å². The van der Waals surface area contributed by atoms with Gasteiger partial charge in [0.2, 0.25) is 0 Å². The Labute approximate surface area is 110 Å². The molecule has 0 fully saturated rings. The number of alkyl halides is 1. The Morgan fingerprint density at radius 2 is 2.16 bits per heavy atom. The van der Waals surface area contributed by atoms with Crippen LogP contribution in [0.15, 0.2) is 30.5 Å². The smallest absolute Gasteiger partial charge is 0.0957 e. The van der Waals surface area contributed by atoms with E-state index in [0.29, 0.717) is 13.0 Å². The van der Waals surface area contributed by atoms with Gasteiger partial charge in [-0.25, -0.2) is 0 Å². The fourth-order valence-electron chi connectivity index (χ4n) is 2.29. The monoisotopic (exact) mass is 257 g/mol. The fourth-order valence-corrected chi connectivity index (χ4v) is 2.29. The Morgan fingerprint density at radius 3 is 3.00 bits per heavy atom. The second-order valence-electron chi connectivity index (χ2n) is 4.76. The molecule has 19 heavy (non-hydrogen) atoms. The summed E-state index contributed by atoms with van der Waals surface area (Å²) in [6.07, 6.45) is 2.41. The summed E-state index contributed by atoms with van der Waals surface area (Å²) in [6.45, 7) is 2.40. The van der Waals surface area contributed by atoms with E-state index in [0.717, 1.165) is 33.2 Å². The number of anilines is 1. The van der Waals surface area contributed by atoms with Crippen LogP contribution in [0.25, 0.3) is 21.9 Å². The van der Waals surface area contributed by atoms with Crippen LogP contribution >= 0.6 is 0 Å². The first-order valence-corrected chi connectivity index (χ1v) is 6.46. The highest BCUT2D eigenvalue weighted by molar-refractivity contribution is 6.05. The number of fused-ring (bicyclic) bond motifs is 3. The maximum absolute atomic E-state index is 12.1. The molecule has 3 rings (SSSR count). The van der Waals surface area contributed by atoms with E-state index in [1.165, 1.54) is 0 Å². The SMILES string of the molecule is Cc1cnc2c(c1)[nH]c1cc(NCCCF)ccc12. The molecule has 0 radical (unpaired) electrons. The number of aryl methyl sites for hydroxylation is 1. The van der Waals surface area contributed by atoms with Crippen molar-refractivity contribution in [2.75, 3.05) is 18.5 Å². The van der Waals surface area contributed by atoms with E-state index in [9.17, 15) is 4.39 Å². The molecular weight excluding hydrogens is 241 g/mol. The molecule has 0 saturated carbocycles. The zero-order valence-electron chi connectivity index (χ0n) is 10.8. The van der Waals surface area contributed by atoms with Crippen molar-refractivity contribution >= 4 is 27.6 Å². The number of H-pyrrole nitrogens is 1. The van der Waals surface area contributed by atoms with Crippen LogP contribution in [-0.2, 0) is 0 Å². The van der Waals surface area contributed by atoms with Crippen LogP contribution in [0.5, 0.6) is 0 Å². The van der Waals surface area contributed by atoms with Crippen molar-refractivity contribution in [1.29, 1.82) is 0 Å². The number of aromatic amines is 1. The van der Waals surface area contributed by atoms with Crippen LogP contribution < -0.4 is 5.32 Å². The summed E-state index contributed by atoms with van der Waals surface area (Å²) in [5.41, 5.74) is 5.25. The maximum Gasteiger partial charge on any atom is 0.0957 e. The summed E-state index contributed by atoms with van der Waals surface area (Å²) >= 11 is 0. The zero-order valence-corrected chi connectivity index (χ0v) is 10.8. The quantitative estimate of drug-likeness (QED) is 0.698.